The molecule has 0 radical (unpaired) electrons. The van der Waals surface area contributed by atoms with Crippen molar-refractivity contribution in [3.63, 3.8) is 0 Å². The number of hydrogen-bond acceptors (Lipinski definition) is 3. The minimum atomic E-state index is -0.391. The molecule has 1 atom stereocenters. The van der Waals surface area contributed by atoms with E-state index >= 15 is 0 Å². The van der Waals surface area contributed by atoms with Crippen molar-refractivity contribution >= 4 is 17.4 Å². The molecule has 0 aliphatic carbocycles. The Bertz CT molecular complexity index is 527. The van der Waals surface area contributed by atoms with Crippen molar-refractivity contribution in [3.8, 4) is 0 Å². The molecule has 126 valence electrons. The van der Waals surface area contributed by atoms with Gasteiger partial charge < -0.3 is 20.2 Å². The third-order valence-corrected chi connectivity index (χ3v) is 4.75. The number of likely N-dealkylation sites (tertiary alicyclic amines) is 1. The second-order valence-electron chi connectivity index (χ2n) is 6.62. The summed E-state index contributed by atoms with van der Waals surface area (Å²) in [6.07, 6.45) is 6.35. The van der Waals surface area contributed by atoms with E-state index in [-0.39, 0.29) is 6.03 Å². The molecule has 0 aromatic heterocycles. The quantitative estimate of drug-likeness (QED) is 0.881. The second-order valence-corrected chi connectivity index (χ2v) is 6.62. The predicted molar refractivity (Wildman–Crippen MR) is 93.0 cm³/mol. The maximum atomic E-state index is 12.3. The first-order valence-electron chi connectivity index (χ1n) is 8.81. The summed E-state index contributed by atoms with van der Waals surface area (Å²) >= 11 is 0. The van der Waals surface area contributed by atoms with Crippen LogP contribution in [0.1, 0.15) is 38.5 Å². The standard InChI is InChI=1S/C18H27N3O2/c22-17-9-6-12-21(14-17)18(23)19-15-7-5-8-16(13-15)20-10-3-1-2-4-11-20/h5,7-8,13,17,22H,1-4,6,9-12,14H2,(H,19,23)/t17-/m1/s1. The first-order chi connectivity index (χ1) is 11.2. The number of nitrogens with zero attached hydrogens (tertiary/aromatic N) is 2. The van der Waals surface area contributed by atoms with Crippen molar-refractivity contribution in [1.82, 2.24) is 4.90 Å². The predicted octanol–water partition coefficient (Wildman–Crippen LogP) is 3.06. The van der Waals surface area contributed by atoms with Gasteiger partial charge in [0, 0.05) is 37.6 Å². The summed E-state index contributed by atoms with van der Waals surface area (Å²) in [5, 5.41) is 12.7. The number of carbonyl (C=O) groups is 1. The first-order valence-corrected chi connectivity index (χ1v) is 8.81. The monoisotopic (exact) mass is 317 g/mol. The highest BCUT2D eigenvalue weighted by molar-refractivity contribution is 5.90. The van der Waals surface area contributed by atoms with Crippen LogP contribution in [0.3, 0.4) is 0 Å². The molecule has 1 aromatic rings. The highest BCUT2D eigenvalue weighted by Crippen LogP contribution is 2.23. The van der Waals surface area contributed by atoms with Crippen LogP contribution in [0.25, 0.3) is 0 Å². The highest BCUT2D eigenvalue weighted by Gasteiger charge is 2.22. The summed E-state index contributed by atoms with van der Waals surface area (Å²) < 4.78 is 0. The summed E-state index contributed by atoms with van der Waals surface area (Å²) in [5.41, 5.74) is 2.01. The Morgan fingerprint density at radius 2 is 1.87 bits per heavy atom. The van der Waals surface area contributed by atoms with Crippen LogP contribution in [0.15, 0.2) is 24.3 Å². The number of rotatable bonds is 2. The highest BCUT2D eigenvalue weighted by atomic mass is 16.3. The van der Waals surface area contributed by atoms with Gasteiger partial charge in [0.05, 0.1) is 6.10 Å². The SMILES string of the molecule is O=C(Nc1cccc(N2CCCCCC2)c1)N1CCC[C@@H](O)C1. The number of piperidine rings is 1. The van der Waals surface area contributed by atoms with Crippen LogP contribution in [0, 0.1) is 0 Å². The van der Waals surface area contributed by atoms with Gasteiger partial charge in [-0.2, -0.15) is 0 Å². The van der Waals surface area contributed by atoms with E-state index in [4.69, 9.17) is 0 Å². The van der Waals surface area contributed by atoms with Crippen molar-refractivity contribution in [2.45, 2.75) is 44.6 Å². The maximum absolute atomic E-state index is 12.3. The number of aliphatic hydroxyl groups is 1. The average molecular weight is 317 g/mol. The van der Waals surface area contributed by atoms with Gasteiger partial charge in [-0.25, -0.2) is 4.79 Å². The Labute approximate surface area is 138 Å². The van der Waals surface area contributed by atoms with E-state index < -0.39 is 6.10 Å². The molecule has 23 heavy (non-hydrogen) atoms. The molecule has 3 rings (SSSR count). The lowest BCUT2D eigenvalue weighted by atomic mass is 10.1. The second kappa shape index (κ2) is 7.68. The van der Waals surface area contributed by atoms with E-state index in [2.05, 4.69) is 22.3 Å². The van der Waals surface area contributed by atoms with Crippen molar-refractivity contribution in [2.24, 2.45) is 0 Å². The van der Waals surface area contributed by atoms with E-state index in [1.807, 2.05) is 12.1 Å². The number of anilines is 2. The molecule has 5 nitrogen and oxygen atoms in total. The Balaban J connectivity index is 1.63. The van der Waals surface area contributed by atoms with Gasteiger partial charge in [0.1, 0.15) is 0 Å². The minimum absolute atomic E-state index is 0.114. The van der Waals surface area contributed by atoms with Gasteiger partial charge >= 0.3 is 6.03 Å². The molecular formula is C18H27N3O2. The van der Waals surface area contributed by atoms with Gasteiger partial charge in [0.15, 0.2) is 0 Å². The van der Waals surface area contributed by atoms with Gasteiger partial charge in [0.2, 0.25) is 0 Å². The van der Waals surface area contributed by atoms with E-state index in [1.54, 1.807) is 4.90 Å². The molecule has 2 aliphatic heterocycles. The molecule has 0 bridgehead atoms. The third kappa shape index (κ3) is 4.38. The summed E-state index contributed by atoms with van der Waals surface area (Å²) in [6, 6.07) is 7.99. The maximum Gasteiger partial charge on any atom is 0.321 e. The molecule has 5 heteroatoms. The zero-order valence-electron chi connectivity index (χ0n) is 13.7. The van der Waals surface area contributed by atoms with Crippen molar-refractivity contribution in [2.75, 3.05) is 36.4 Å². The number of benzene rings is 1. The fraction of sp³-hybridized carbons (Fsp3) is 0.611. The smallest absolute Gasteiger partial charge is 0.321 e. The number of β-amino-alcohol motifs (C(OH)–C–C–N with tert-alkyl or cyclic N) is 1. The van der Waals surface area contributed by atoms with Crippen LogP contribution in [-0.2, 0) is 0 Å². The van der Waals surface area contributed by atoms with Crippen LogP contribution >= 0.6 is 0 Å². The molecule has 0 unspecified atom stereocenters. The Hall–Kier alpha value is -1.75. The summed E-state index contributed by atoms with van der Waals surface area (Å²) in [4.78, 5) is 16.5. The first kappa shape index (κ1) is 16.1. The summed E-state index contributed by atoms with van der Waals surface area (Å²) in [7, 11) is 0. The molecule has 2 amide bonds. The summed E-state index contributed by atoms with van der Waals surface area (Å²) in [5.74, 6) is 0. The molecule has 0 spiro atoms. The Morgan fingerprint density at radius 3 is 2.61 bits per heavy atom. The molecule has 1 aromatic carbocycles. The van der Waals surface area contributed by atoms with E-state index in [0.717, 1.165) is 31.6 Å². The van der Waals surface area contributed by atoms with Crippen LogP contribution in [0.5, 0.6) is 0 Å². The summed E-state index contributed by atoms with van der Waals surface area (Å²) in [6.45, 7) is 3.33. The van der Waals surface area contributed by atoms with E-state index in [1.165, 1.54) is 31.4 Å². The van der Waals surface area contributed by atoms with Crippen molar-refractivity contribution in [3.05, 3.63) is 24.3 Å². The van der Waals surface area contributed by atoms with Crippen LogP contribution < -0.4 is 10.2 Å². The molecular weight excluding hydrogens is 290 g/mol. The van der Waals surface area contributed by atoms with Crippen LogP contribution in [0.2, 0.25) is 0 Å². The molecule has 2 fully saturated rings. The number of nitrogens with one attached hydrogen (secondary N) is 1. The van der Waals surface area contributed by atoms with Crippen LogP contribution in [-0.4, -0.2) is 48.3 Å². The Kier molecular flexibility index (Phi) is 5.39. The number of amides is 2. The van der Waals surface area contributed by atoms with Gasteiger partial charge in [-0.1, -0.05) is 18.9 Å². The van der Waals surface area contributed by atoms with E-state index in [9.17, 15) is 9.90 Å². The van der Waals surface area contributed by atoms with Crippen molar-refractivity contribution < 1.29 is 9.90 Å². The Morgan fingerprint density at radius 1 is 1.09 bits per heavy atom. The topological polar surface area (TPSA) is 55.8 Å². The lowest BCUT2D eigenvalue weighted by Gasteiger charge is -2.30. The number of carbonyl (C=O) groups excluding carboxylic acids is 1. The zero-order chi connectivity index (χ0) is 16.1. The lowest BCUT2D eigenvalue weighted by Crippen LogP contribution is -2.44. The molecule has 2 aliphatic rings. The minimum Gasteiger partial charge on any atom is -0.391 e. The lowest BCUT2D eigenvalue weighted by molar-refractivity contribution is 0.0883. The van der Waals surface area contributed by atoms with Gasteiger partial charge in [-0.15, -0.1) is 0 Å². The fourth-order valence-electron chi connectivity index (χ4n) is 3.45. The number of aliphatic hydroxyl groups excluding tert-OH is 1. The number of urea groups is 1. The van der Waals surface area contributed by atoms with E-state index in [0.29, 0.717) is 13.1 Å². The molecule has 2 N–H and O–H groups in total. The third-order valence-electron chi connectivity index (χ3n) is 4.75. The molecule has 2 saturated heterocycles. The normalized spacial score (nSPS) is 22.6. The average Bonchev–Trinajstić information content (AvgIpc) is 2.84. The fourth-order valence-corrected chi connectivity index (χ4v) is 3.45. The largest absolute Gasteiger partial charge is 0.391 e. The molecule has 2 heterocycles. The number of hydrogen-bond donors (Lipinski definition) is 2. The van der Waals surface area contributed by atoms with Gasteiger partial charge in [-0.05, 0) is 43.9 Å². The van der Waals surface area contributed by atoms with Gasteiger partial charge in [-0.3, -0.25) is 0 Å². The zero-order valence-corrected chi connectivity index (χ0v) is 13.7. The van der Waals surface area contributed by atoms with Crippen molar-refractivity contribution in [1.29, 1.82) is 0 Å². The van der Waals surface area contributed by atoms with Gasteiger partial charge in [0.25, 0.3) is 0 Å². The van der Waals surface area contributed by atoms with Crippen LogP contribution in [0.4, 0.5) is 16.2 Å². The molecule has 0 saturated carbocycles.